The Bertz CT molecular complexity index is 451. The van der Waals surface area contributed by atoms with Crippen molar-refractivity contribution in [2.24, 2.45) is 0 Å². The Labute approximate surface area is 124 Å². The third-order valence-corrected chi connectivity index (χ3v) is 2.73. The Balaban J connectivity index is 2.61. The molecule has 118 valence electrons. The van der Waals surface area contributed by atoms with E-state index < -0.39 is 17.7 Å². The summed E-state index contributed by atoms with van der Waals surface area (Å²) >= 11 is 0. The van der Waals surface area contributed by atoms with Gasteiger partial charge in [0.15, 0.2) is 5.78 Å². The van der Waals surface area contributed by atoms with E-state index in [0.29, 0.717) is 12.1 Å². The fraction of sp³-hybridized carbons (Fsp3) is 0.643. The third-order valence-electron chi connectivity index (χ3n) is 2.73. The number of esters is 1. The number of ether oxygens (including phenoxy) is 2. The zero-order valence-corrected chi connectivity index (χ0v) is 12.9. The van der Waals surface area contributed by atoms with Crippen molar-refractivity contribution in [1.29, 1.82) is 0 Å². The lowest BCUT2D eigenvalue weighted by Crippen LogP contribution is -2.43. The summed E-state index contributed by atoms with van der Waals surface area (Å²) in [7, 11) is 1.28. The van der Waals surface area contributed by atoms with Gasteiger partial charge in [-0.25, -0.2) is 4.79 Å². The largest absolute Gasteiger partial charge is 0.468 e. The number of amides is 1. The average molecular weight is 298 g/mol. The number of hydrogen-bond acceptors (Lipinski definition) is 6. The second-order valence-corrected chi connectivity index (χ2v) is 5.70. The molecule has 0 unspecified atom stereocenters. The Hall–Kier alpha value is -2.05. The van der Waals surface area contributed by atoms with Crippen molar-refractivity contribution in [3.05, 3.63) is 11.8 Å². The van der Waals surface area contributed by atoms with Gasteiger partial charge in [-0.2, -0.15) is 0 Å². The summed E-state index contributed by atoms with van der Waals surface area (Å²) in [5, 5.41) is 2.71. The van der Waals surface area contributed by atoms with Crippen molar-refractivity contribution >= 4 is 17.8 Å². The highest BCUT2D eigenvalue weighted by Crippen LogP contribution is 2.16. The second kappa shape index (κ2) is 7.10. The lowest BCUT2D eigenvalue weighted by molar-refractivity contribution is -0.139. The van der Waals surface area contributed by atoms with Crippen molar-refractivity contribution in [3.8, 4) is 0 Å². The minimum absolute atomic E-state index is 0.0281. The van der Waals surface area contributed by atoms with Crippen LogP contribution in [-0.4, -0.2) is 55.1 Å². The molecule has 21 heavy (non-hydrogen) atoms. The molecule has 1 fully saturated rings. The van der Waals surface area contributed by atoms with Crippen molar-refractivity contribution in [2.45, 2.75) is 32.8 Å². The van der Waals surface area contributed by atoms with Crippen LogP contribution in [0.5, 0.6) is 0 Å². The normalized spacial score (nSPS) is 17.6. The Morgan fingerprint density at radius 1 is 1.38 bits per heavy atom. The molecule has 1 amide bonds. The van der Waals surface area contributed by atoms with Crippen molar-refractivity contribution in [1.82, 2.24) is 10.2 Å². The lowest BCUT2D eigenvalue weighted by atomic mass is 10.0. The van der Waals surface area contributed by atoms with Crippen LogP contribution in [0.2, 0.25) is 0 Å². The Kier molecular flexibility index (Phi) is 5.75. The van der Waals surface area contributed by atoms with Gasteiger partial charge in [-0.3, -0.25) is 9.59 Å². The smallest absolute Gasteiger partial charge is 0.410 e. The first-order valence-corrected chi connectivity index (χ1v) is 6.73. The van der Waals surface area contributed by atoms with Crippen LogP contribution >= 0.6 is 0 Å². The van der Waals surface area contributed by atoms with Gasteiger partial charge in [0.2, 0.25) is 0 Å². The van der Waals surface area contributed by atoms with E-state index in [4.69, 9.17) is 4.74 Å². The fourth-order valence-corrected chi connectivity index (χ4v) is 1.71. The number of Topliss-reactive ketones (excluding diaryl/α,β-unsaturated/α-hetero) is 1. The van der Waals surface area contributed by atoms with Gasteiger partial charge in [-0.15, -0.1) is 0 Å². The summed E-state index contributed by atoms with van der Waals surface area (Å²) in [6, 6.07) is 0. The summed E-state index contributed by atoms with van der Waals surface area (Å²) in [4.78, 5) is 36.2. The number of nitrogens with zero attached hydrogens (tertiary/aromatic N) is 1. The van der Waals surface area contributed by atoms with Gasteiger partial charge in [-0.1, -0.05) is 0 Å². The van der Waals surface area contributed by atoms with Crippen LogP contribution in [-0.2, 0) is 19.1 Å². The van der Waals surface area contributed by atoms with Gasteiger partial charge >= 0.3 is 12.1 Å². The van der Waals surface area contributed by atoms with Gasteiger partial charge in [-0.05, 0) is 20.8 Å². The average Bonchev–Trinajstić information content (AvgIpc) is 2.38. The molecular formula is C14H22N2O5. The zero-order chi connectivity index (χ0) is 16.0. The molecule has 0 radical (unpaired) electrons. The van der Waals surface area contributed by atoms with E-state index >= 15 is 0 Å². The molecule has 1 heterocycles. The van der Waals surface area contributed by atoms with Gasteiger partial charge in [0.05, 0.1) is 13.7 Å². The number of methoxy groups -OCH3 is 1. The first kappa shape index (κ1) is 17.0. The molecule has 7 nitrogen and oxygen atoms in total. The Morgan fingerprint density at radius 3 is 2.62 bits per heavy atom. The standard InChI is InChI=1S/C14H22N2O5/c1-14(2,3)21-13(19)16-6-5-11(17)10(9-16)7-15-8-12(18)20-4/h7,15H,5-6,8-9H2,1-4H3. The monoisotopic (exact) mass is 298 g/mol. The number of hydrogen-bond donors (Lipinski definition) is 1. The maximum atomic E-state index is 12.0. The molecule has 7 heteroatoms. The van der Waals surface area contributed by atoms with Crippen molar-refractivity contribution in [3.63, 3.8) is 0 Å². The van der Waals surface area contributed by atoms with Crippen molar-refractivity contribution < 1.29 is 23.9 Å². The molecule has 1 saturated heterocycles. The van der Waals surface area contributed by atoms with Crippen LogP contribution in [0.3, 0.4) is 0 Å². The zero-order valence-electron chi connectivity index (χ0n) is 12.9. The third kappa shape index (κ3) is 5.85. The van der Waals surface area contributed by atoms with E-state index in [2.05, 4.69) is 10.1 Å². The molecule has 0 aromatic carbocycles. The highest BCUT2D eigenvalue weighted by atomic mass is 16.6. The molecule has 0 saturated carbocycles. The summed E-state index contributed by atoms with van der Waals surface area (Å²) < 4.78 is 9.76. The van der Waals surface area contributed by atoms with E-state index in [-0.39, 0.29) is 25.3 Å². The molecule has 1 aliphatic rings. The van der Waals surface area contributed by atoms with Gasteiger partial charge in [0.1, 0.15) is 12.1 Å². The van der Waals surface area contributed by atoms with Crippen LogP contribution in [0.4, 0.5) is 4.79 Å². The van der Waals surface area contributed by atoms with Crippen LogP contribution in [0.15, 0.2) is 11.8 Å². The maximum absolute atomic E-state index is 12.0. The molecule has 0 aromatic heterocycles. The van der Waals surface area contributed by atoms with E-state index in [1.807, 2.05) is 0 Å². The molecular weight excluding hydrogens is 276 g/mol. The number of piperidine rings is 1. The minimum atomic E-state index is -0.578. The topological polar surface area (TPSA) is 84.9 Å². The van der Waals surface area contributed by atoms with Gasteiger partial charge in [0.25, 0.3) is 0 Å². The van der Waals surface area contributed by atoms with Crippen LogP contribution < -0.4 is 5.32 Å². The molecule has 0 aliphatic carbocycles. The van der Waals surface area contributed by atoms with E-state index in [9.17, 15) is 14.4 Å². The maximum Gasteiger partial charge on any atom is 0.410 e. The number of carbonyl (C=O) groups is 3. The molecule has 0 atom stereocenters. The van der Waals surface area contributed by atoms with Gasteiger partial charge in [0, 0.05) is 24.7 Å². The molecule has 1 N–H and O–H groups in total. The number of likely N-dealkylation sites (tertiary alicyclic amines) is 1. The molecule has 1 aliphatic heterocycles. The molecule has 0 spiro atoms. The highest BCUT2D eigenvalue weighted by Gasteiger charge is 2.28. The fourth-order valence-electron chi connectivity index (χ4n) is 1.71. The van der Waals surface area contributed by atoms with Crippen LogP contribution in [0.25, 0.3) is 0 Å². The highest BCUT2D eigenvalue weighted by molar-refractivity contribution is 5.97. The first-order valence-electron chi connectivity index (χ1n) is 6.73. The summed E-state index contributed by atoms with van der Waals surface area (Å²) in [5.41, 5.74) is -0.137. The molecule has 0 aromatic rings. The molecule has 1 rings (SSSR count). The number of carbonyl (C=O) groups excluding carboxylic acids is 3. The minimum Gasteiger partial charge on any atom is -0.468 e. The number of rotatable bonds is 3. The quantitative estimate of drug-likeness (QED) is 0.614. The first-order chi connectivity index (χ1) is 9.73. The van der Waals surface area contributed by atoms with Crippen LogP contribution in [0.1, 0.15) is 27.2 Å². The van der Waals surface area contributed by atoms with Crippen LogP contribution in [0, 0.1) is 0 Å². The predicted octanol–water partition coefficient (Wildman–Crippen LogP) is 0.843. The number of ketones is 1. The van der Waals surface area contributed by atoms with Crippen molar-refractivity contribution in [2.75, 3.05) is 26.7 Å². The van der Waals surface area contributed by atoms with E-state index in [0.717, 1.165) is 0 Å². The lowest BCUT2D eigenvalue weighted by Gasteiger charge is -2.30. The summed E-state index contributed by atoms with van der Waals surface area (Å²) in [6.45, 7) is 5.84. The SMILES string of the molecule is COC(=O)CNC=C1CN(C(=O)OC(C)(C)C)CCC1=O. The molecule has 0 bridgehead atoms. The predicted molar refractivity (Wildman–Crippen MR) is 75.5 cm³/mol. The van der Waals surface area contributed by atoms with E-state index in [1.165, 1.54) is 18.2 Å². The van der Waals surface area contributed by atoms with E-state index in [1.54, 1.807) is 20.8 Å². The Morgan fingerprint density at radius 2 is 2.05 bits per heavy atom. The van der Waals surface area contributed by atoms with Gasteiger partial charge < -0.3 is 19.7 Å². The summed E-state index contributed by atoms with van der Waals surface area (Å²) in [6.07, 6.45) is 1.25. The number of nitrogens with one attached hydrogen (secondary N) is 1. The second-order valence-electron chi connectivity index (χ2n) is 5.70. The summed E-state index contributed by atoms with van der Waals surface area (Å²) in [5.74, 6) is -0.480.